The Morgan fingerprint density at radius 2 is 2.06 bits per heavy atom. The Bertz CT molecular complexity index is 1080. The second-order valence-electron chi connectivity index (χ2n) is 9.45. The van der Waals surface area contributed by atoms with Gasteiger partial charge in [-0.1, -0.05) is 31.2 Å². The van der Waals surface area contributed by atoms with Crippen molar-refractivity contribution in [2.75, 3.05) is 24.7 Å². The van der Waals surface area contributed by atoms with Crippen LogP contribution >= 0.6 is 23.5 Å². The highest BCUT2D eigenvalue weighted by Crippen LogP contribution is 2.33. The Labute approximate surface area is 204 Å². The fraction of sp³-hybridized carbons (Fsp3) is 0.423. The average Bonchev–Trinajstić information content (AvgIpc) is 3.11. The Hall–Kier alpha value is -2.09. The van der Waals surface area contributed by atoms with E-state index in [9.17, 15) is 4.79 Å². The third-order valence-electron chi connectivity index (χ3n) is 5.27. The molecule has 1 aliphatic heterocycles. The lowest BCUT2D eigenvalue weighted by molar-refractivity contribution is 0.0544. The SMILES string of the molecule is C[C@@H](CN[C@@H]1COc2ccccc2SC1)CSc1cccc2ccn(C(=O)OC(C)(C)C)c12. The summed E-state index contributed by atoms with van der Waals surface area (Å²) < 4.78 is 13.2. The van der Waals surface area contributed by atoms with Crippen molar-refractivity contribution in [3.8, 4) is 5.75 Å². The van der Waals surface area contributed by atoms with Gasteiger partial charge in [0.25, 0.3) is 0 Å². The van der Waals surface area contributed by atoms with Crippen molar-refractivity contribution in [2.24, 2.45) is 5.92 Å². The lowest BCUT2D eigenvalue weighted by atomic mass is 10.2. The first-order valence-corrected chi connectivity index (χ1v) is 13.3. The first-order valence-electron chi connectivity index (χ1n) is 11.3. The number of carbonyl (C=O) groups is 1. The maximum absolute atomic E-state index is 12.7. The smallest absolute Gasteiger partial charge is 0.419 e. The van der Waals surface area contributed by atoms with Gasteiger partial charge >= 0.3 is 6.09 Å². The van der Waals surface area contributed by atoms with Crippen LogP contribution in [0.15, 0.2) is 64.5 Å². The van der Waals surface area contributed by atoms with E-state index in [1.807, 2.05) is 62.9 Å². The van der Waals surface area contributed by atoms with Crippen LogP contribution in [-0.4, -0.2) is 47.0 Å². The van der Waals surface area contributed by atoms with Gasteiger partial charge in [-0.2, -0.15) is 0 Å². The molecule has 176 valence electrons. The van der Waals surface area contributed by atoms with Crippen LogP contribution in [0.25, 0.3) is 10.9 Å². The maximum Gasteiger partial charge on any atom is 0.419 e. The van der Waals surface area contributed by atoms with Gasteiger partial charge in [0.2, 0.25) is 0 Å². The molecule has 2 heterocycles. The summed E-state index contributed by atoms with van der Waals surface area (Å²) in [6.45, 7) is 9.52. The number of nitrogens with one attached hydrogen (secondary N) is 1. The molecule has 0 radical (unpaired) electrons. The molecule has 0 aliphatic carbocycles. The highest BCUT2D eigenvalue weighted by Gasteiger charge is 2.21. The zero-order chi connectivity index (χ0) is 23.4. The number of hydrogen-bond acceptors (Lipinski definition) is 6. The van der Waals surface area contributed by atoms with E-state index in [-0.39, 0.29) is 6.09 Å². The van der Waals surface area contributed by atoms with E-state index in [0.717, 1.165) is 39.6 Å². The van der Waals surface area contributed by atoms with Gasteiger partial charge in [-0.3, -0.25) is 4.57 Å². The number of hydrogen-bond donors (Lipinski definition) is 1. The van der Waals surface area contributed by atoms with Crippen LogP contribution in [0.1, 0.15) is 27.7 Å². The normalized spacial score (nSPS) is 17.2. The Kier molecular flexibility index (Phi) is 7.62. The van der Waals surface area contributed by atoms with Gasteiger partial charge in [0.05, 0.1) is 11.6 Å². The minimum atomic E-state index is -0.530. The number of thioether (sulfide) groups is 2. The molecule has 1 N–H and O–H groups in total. The molecule has 2 aromatic carbocycles. The van der Waals surface area contributed by atoms with E-state index in [2.05, 4.69) is 30.4 Å². The van der Waals surface area contributed by atoms with Crippen molar-refractivity contribution < 1.29 is 14.3 Å². The van der Waals surface area contributed by atoms with Gasteiger partial charge < -0.3 is 14.8 Å². The van der Waals surface area contributed by atoms with Crippen LogP contribution < -0.4 is 10.1 Å². The summed E-state index contributed by atoms with van der Waals surface area (Å²) in [5, 5.41) is 4.73. The molecular formula is C26H32N2O3S2. The van der Waals surface area contributed by atoms with E-state index in [0.29, 0.717) is 18.6 Å². The molecule has 7 heteroatoms. The second-order valence-corrected chi connectivity index (χ2v) is 11.6. The predicted octanol–water partition coefficient (Wildman–Crippen LogP) is 6.30. The van der Waals surface area contributed by atoms with Crippen molar-refractivity contribution in [3.63, 3.8) is 0 Å². The van der Waals surface area contributed by atoms with Gasteiger partial charge in [0.15, 0.2) is 0 Å². The van der Waals surface area contributed by atoms with Gasteiger partial charge in [-0.05, 0) is 57.5 Å². The molecular weight excluding hydrogens is 452 g/mol. The van der Waals surface area contributed by atoms with Crippen LogP contribution in [0.5, 0.6) is 5.75 Å². The van der Waals surface area contributed by atoms with E-state index in [1.165, 1.54) is 4.90 Å². The summed E-state index contributed by atoms with van der Waals surface area (Å²) in [7, 11) is 0. The molecule has 0 bridgehead atoms. The van der Waals surface area contributed by atoms with Crippen LogP contribution in [0, 0.1) is 5.92 Å². The van der Waals surface area contributed by atoms with E-state index in [1.54, 1.807) is 22.5 Å². The molecule has 1 aliphatic rings. The molecule has 0 amide bonds. The molecule has 0 saturated carbocycles. The van der Waals surface area contributed by atoms with Crippen LogP contribution in [0.4, 0.5) is 4.79 Å². The lowest BCUT2D eigenvalue weighted by Gasteiger charge is -2.20. The number of nitrogens with zero attached hydrogens (tertiary/aromatic N) is 1. The summed E-state index contributed by atoms with van der Waals surface area (Å²) in [5.74, 6) is 3.40. The molecule has 0 spiro atoms. The molecule has 0 unspecified atom stereocenters. The van der Waals surface area contributed by atoms with E-state index in [4.69, 9.17) is 9.47 Å². The van der Waals surface area contributed by atoms with Crippen molar-refractivity contribution in [3.05, 3.63) is 54.7 Å². The third-order valence-corrected chi connectivity index (χ3v) is 7.87. The number of rotatable bonds is 6. The number of benzene rings is 2. The van der Waals surface area contributed by atoms with Crippen LogP contribution in [0.2, 0.25) is 0 Å². The Morgan fingerprint density at radius 1 is 1.24 bits per heavy atom. The zero-order valence-corrected chi connectivity index (χ0v) is 21.3. The minimum Gasteiger partial charge on any atom is -0.491 e. The lowest BCUT2D eigenvalue weighted by Crippen LogP contribution is -2.39. The first-order chi connectivity index (χ1) is 15.8. The zero-order valence-electron chi connectivity index (χ0n) is 19.7. The maximum atomic E-state index is 12.7. The topological polar surface area (TPSA) is 52.5 Å². The molecule has 1 aromatic heterocycles. The molecule has 3 aromatic rings. The molecule has 4 rings (SSSR count). The Morgan fingerprint density at radius 3 is 2.88 bits per heavy atom. The third kappa shape index (κ3) is 6.28. The number of ether oxygens (including phenoxy) is 2. The number of carbonyl (C=O) groups excluding carboxylic acids is 1. The quantitative estimate of drug-likeness (QED) is 0.415. The highest BCUT2D eigenvalue weighted by atomic mass is 32.2. The summed E-state index contributed by atoms with van der Waals surface area (Å²) >= 11 is 3.64. The fourth-order valence-electron chi connectivity index (χ4n) is 3.63. The summed E-state index contributed by atoms with van der Waals surface area (Å²) in [5.41, 5.74) is 0.389. The average molecular weight is 485 g/mol. The second kappa shape index (κ2) is 10.5. The van der Waals surface area contributed by atoms with Gasteiger partial charge in [-0.25, -0.2) is 4.79 Å². The fourth-order valence-corrected chi connectivity index (χ4v) is 5.78. The summed E-state index contributed by atoms with van der Waals surface area (Å²) in [6.07, 6.45) is 1.46. The van der Waals surface area contributed by atoms with Gasteiger partial charge in [-0.15, -0.1) is 23.5 Å². The monoisotopic (exact) mass is 484 g/mol. The van der Waals surface area contributed by atoms with Crippen molar-refractivity contribution in [1.29, 1.82) is 0 Å². The molecule has 0 saturated heterocycles. The molecule has 33 heavy (non-hydrogen) atoms. The van der Waals surface area contributed by atoms with E-state index >= 15 is 0 Å². The van der Waals surface area contributed by atoms with Crippen LogP contribution in [-0.2, 0) is 4.74 Å². The van der Waals surface area contributed by atoms with Crippen molar-refractivity contribution in [2.45, 2.75) is 49.1 Å². The number of aromatic nitrogens is 1. The summed E-state index contributed by atoms with van der Waals surface area (Å²) in [4.78, 5) is 15.0. The van der Waals surface area contributed by atoms with Crippen molar-refractivity contribution in [1.82, 2.24) is 9.88 Å². The number of para-hydroxylation sites is 2. The van der Waals surface area contributed by atoms with Gasteiger partial charge in [0, 0.05) is 32.9 Å². The molecule has 5 nitrogen and oxygen atoms in total. The first kappa shape index (κ1) is 24.0. The van der Waals surface area contributed by atoms with Crippen molar-refractivity contribution >= 4 is 40.5 Å². The van der Waals surface area contributed by atoms with E-state index < -0.39 is 5.60 Å². The Balaban J connectivity index is 1.34. The van der Waals surface area contributed by atoms with Gasteiger partial charge in [0.1, 0.15) is 18.0 Å². The van der Waals surface area contributed by atoms with Crippen LogP contribution in [0.3, 0.4) is 0 Å². The standard InChI is InChI=1S/C26H32N2O3S2/c1-18(14-27-20-15-30-21-9-5-6-10-22(21)33-17-20)16-32-23-11-7-8-19-12-13-28(24(19)23)25(29)31-26(2,3)4/h5-13,18,20,27H,14-17H2,1-4H3/t18-,20+/m0/s1. The predicted molar refractivity (Wildman–Crippen MR) is 138 cm³/mol. The largest absolute Gasteiger partial charge is 0.491 e. The minimum absolute atomic E-state index is 0.322. The number of fused-ring (bicyclic) bond motifs is 2. The highest BCUT2D eigenvalue weighted by molar-refractivity contribution is 7.99. The molecule has 0 fully saturated rings. The summed E-state index contributed by atoms with van der Waals surface area (Å²) in [6, 6.07) is 16.7. The molecule has 2 atom stereocenters.